The maximum absolute atomic E-state index is 9.58. The van der Waals surface area contributed by atoms with E-state index < -0.39 is 6.10 Å². The number of aliphatic hydroxyl groups excluding tert-OH is 1. The maximum Gasteiger partial charge on any atom is 0.0897 e. The molecule has 0 amide bonds. The molecule has 0 aromatic rings. The molecule has 17 heavy (non-hydrogen) atoms. The second-order valence-corrected chi connectivity index (χ2v) is 4.17. The van der Waals surface area contributed by atoms with Crippen LogP contribution in [0.1, 0.15) is 46.0 Å². The number of hydrogen-bond donors (Lipinski definition) is 2. The molecule has 1 unspecified atom stereocenters. The van der Waals surface area contributed by atoms with Crippen molar-refractivity contribution < 1.29 is 9.84 Å². The first-order valence-corrected chi connectivity index (χ1v) is 6.67. The molecule has 0 aliphatic heterocycles. The number of rotatable bonds is 11. The minimum atomic E-state index is -0.407. The van der Waals surface area contributed by atoms with E-state index in [0.29, 0.717) is 13.2 Å². The minimum Gasteiger partial charge on any atom is -0.389 e. The summed E-state index contributed by atoms with van der Waals surface area (Å²) in [5.41, 5.74) is 0. The first-order chi connectivity index (χ1) is 8.31. The summed E-state index contributed by atoms with van der Waals surface area (Å²) in [6, 6.07) is 0. The lowest BCUT2D eigenvalue weighted by Crippen LogP contribution is -2.31. The molecule has 0 bridgehead atoms. The third-order valence-electron chi connectivity index (χ3n) is 2.44. The Balaban J connectivity index is 3.16. The molecule has 0 aliphatic carbocycles. The summed E-state index contributed by atoms with van der Waals surface area (Å²) in [5, 5.41) is 12.7. The molecule has 100 valence electrons. The van der Waals surface area contributed by atoms with E-state index >= 15 is 0 Å². The summed E-state index contributed by atoms with van der Waals surface area (Å²) < 4.78 is 5.40. The average molecular weight is 241 g/mol. The summed E-state index contributed by atoms with van der Waals surface area (Å²) in [5.74, 6) is 5.81. The van der Waals surface area contributed by atoms with Gasteiger partial charge in [0, 0.05) is 26.1 Å². The van der Waals surface area contributed by atoms with Crippen molar-refractivity contribution in [3.05, 3.63) is 0 Å². The van der Waals surface area contributed by atoms with Crippen molar-refractivity contribution in [2.75, 3.05) is 26.3 Å². The molecule has 0 radical (unpaired) electrons. The van der Waals surface area contributed by atoms with E-state index in [9.17, 15) is 5.11 Å². The van der Waals surface area contributed by atoms with Gasteiger partial charge in [-0.2, -0.15) is 0 Å². The second-order valence-electron chi connectivity index (χ2n) is 4.17. The van der Waals surface area contributed by atoms with Crippen LogP contribution in [-0.2, 0) is 4.74 Å². The van der Waals surface area contributed by atoms with Crippen molar-refractivity contribution in [3.63, 3.8) is 0 Å². The van der Waals surface area contributed by atoms with E-state index in [1.54, 1.807) is 0 Å². The monoisotopic (exact) mass is 241 g/mol. The molecule has 3 nitrogen and oxygen atoms in total. The fraction of sp³-hybridized carbons (Fsp3) is 0.857. The standard InChI is InChI=1S/C14H27NO2/c1-3-5-7-9-11-17-13-14(16)12-15-10-8-6-4-2/h14-16H,3,5,7-13H2,1-2H3. The highest BCUT2D eigenvalue weighted by Crippen LogP contribution is 1.99. The summed E-state index contributed by atoms with van der Waals surface area (Å²) in [6.45, 7) is 6.63. The van der Waals surface area contributed by atoms with Gasteiger partial charge in [0.05, 0.1) is 12.7 Å². The predicted octanol–water partition coefficient (Wildman–Crippen LogP) is 1.95. The molecule has 0 aliphatic rings. The number of aliphatic hydroxyl groups is 1. The molecule has 0 aromatic carbocycles. The zero-order valence-electron chi connectivity index (χ0n) is 11.3. The van der Waals surface area contributed by atoms with Gasteiger partial charge >= 0.3 is 0 Å². The molecular formula is C14H27NO2. The van der Waals surface area contributed by atoms with E-state index in [-0.39, 0.29) is 0 Å². The van der Waals surface area contributed by atoms with E-state index in [1.807, 2.05) is 6.92 Å². The molecule has 0 heterocycles. The third kappa shape index (κ3) is 13.4. The van der Waals surface area contributed by atoms with Crippen LogP contribution in [0.3, 0.4) is 0 Å². The molecule has 2 N–H and O–H groups in total. The number of unbranched alkanes of at least 4 members (excludes halogenated alkanes) is 3. The Bertz CT molecular complexity index is 208. The van der Waals surface area contributed by atoms with Gasteiger partial charge in [-0.1, -0.05) is 26.2 Å². The number of nitrogens with one attached hydrogen (secondary N) is 1. The Morgan fingerprint density at radius 3 is 2.82 bits per heavy atom. The molecule has 0 saturated carbocycles. The largest absolute Gasteiger partial charge is 0.389 e. The zero-order chi connectivity index (χ0) is 12.8. The Hall–Kier alpha value is -0.560. The van der Waals surface area contributed by atoms with Gasteiger partial charge < -0.3 is 15.2 Å². The van der Waals surface area contributed by atoms with Crippen LogP contribution in [0.5, 0.6) is 0 Å². The van der Waals surface area contributed by atoms with Crippen molar-refractivity contribution in [1.29, 1.82) is 0 Å². The highest BCUT2D eigenvalue weighted by atomic mass is 16.5. The predicted molar refractivity (Wildman–Crippen MR) is 71.9 cm³/mol. The third-order valence-corrected chi connectivity index (χ3v) is 2.44. The van der Waals surface area contributed by atoms with Crippen molar-refractivity contribution >= 4 is 0 Å². The van der Waals surface area contributed by atoms with Crippen LogP contribution in [-0.4, -0.2) is 37.5 Å². The topological polar surface area (TPSA) is 41.5 Å². The van der Waals surface area contributed by atoms with E-state index in [2.05, 4.69) is 24.1 Å². The van der Waals surface area contributed by atoms with Crippen LogP contribution in [0.25, 0.3) is 0 Å². The van der Waals surface area contributed by atoms with Gasteiger partial charge in [-0.15, -0.1) is 11.8 Å². The van der Waals surface area contributed by atoms with Crippen LogP contribution in [0.2, 0.25) is 0 Å². The molecule has 1 atom stereocenters. The Morgan fingerprint density at radius 1 is 1.29 bits per heavy atom. The molecule has 0 spiro atoms. The molecule has 0 fully saturated rings. The van der Waals surface area contributed by atoms with E-state index in [1.165, 1.54) is 19.3 Å². The summed E-state index contributed by atoms with van der Waals surface area (Å²) in [4.78, 5) is 0. The van der Waals surface area contributed by atoms with Crippen LogP contribution in [0.4, 0.5) is 0 Å². The maximum atomic E-state index is 9.58. The number of ether oxygens (including phenoxy) is 1. The van der Waals surface area contributed by atoms with Gasteiger partial charge in [0.2, 0.25) is 0 Å². The lowest BCUT2D eigenvalue weighted by molar-refractivity contribution is 0.0356. The fourth-order valence-corrected chi connectivity index (χ4v) is 1.45. The molecule has 0 aromatic heterocycles. The van der Waals surface area contributed by atoms with Crippen LogP contribution in [0.15, 0.2) is 0 Å². The Labute approximate surface area is 106 Å². The van der Waals surface area contributed by atoms with E-state index in [0.717, 1.165) is 26.0 Å². The van der Waals surface area contributed by atoms with Gasteiger partial charge in [0.25, 0.3) is 0 Å². The average Bonchev–Trinajstić information content (AvgIpc) is 2.33. The first kappa shape index (κ1) is 16.4. The lowest BCUT2D eigenvalue weighted by atomic mass is 10.2. The zero-order valence-corrected chi connectivity index (χ0v) is 11.3. The van der Waals surface area contributed by atoms with E-state index in [4.69, 9.17) is 4.74 Å². The van der Waals surface area contributed by atoms with Gasteiger partial charge in [0.1, 0.15) is 0 Å². The highest BCUT2D eigenvalue weighted by Gasteiger charge is 2.02. The highest BCUT2D eigenvalue weighted by molar-refractivity contribution is 4.95. The first-order valence-electron chi connectivity index (χ1n) is 6.67. The summed E-state index contributed by atoms with van der Waals surface area (Å²) in [6.07, 6.45) is 5.26. The molecule has 0 rings (SSSR count). The summed E-state index contributed by atoms with van der Waals surface area (Å²) in [7, 11) is 0. The van der Waals surface area contributed by atoms with Crippen LogP contribution >= 0.6 is 0 Å². The second kappa shape index (κ2) is 13.5. The van der Waals surface area contributed by atoms with Gasteiger partial charge in [-0.3, -0.25) is 0 Å². The van der Waals surface area contributed by atoms with Gasteiger partial charge in [-0.05, 0) is 13.3 Å². The SMILES string of the molecule is CC#CCCNCC(O)COCCCCCC. The quantitative estimate of drug-likeness (QED) is 0.429. The Kier molecular flexibility index (Phi) is 13.1. The fourth-order valence-electron chi connectivity index (χ4n) is 1.45. The van der Waals surface area contributed by atoms with Gasteiger partial charge in [-0.25, -0.2) is 0 Å². The normalized spacial score (nSPS) is 11.9. The molecule has 3 heteroatoms. The minimum absolute atomic E-state index is 0.407. The van der Waals surface area contributed by atoms with Crippen LogP contribution < -0.4 is 5.32 Å². The summed E-state index contributed by atoms with van der Waals surface area (Å²) >= 11 is 0. The van der Waals surface area contributed by atoms with Gasteiger partial charge in [0.15, 0.2) is 0 Å². The number of hydrogen-bond acceptors (Lipinski definition) is 3. The van der Waals surface area contributed by atoms with Crippen LogP contribution in [0, 0.1) is 11.8 Å². The van der Waals surface area contributed by atoms with Crippen molar-refractivity contribution in [2.45, 2.75) is 52.1 Å². The molecular weight excluding hydrogens is 214 g/mol. The molecule has 0 saturated heterocycles. The Morgan fingerprint density at radius 2 is 2.12 bits per heavy atom. The van der Waals surface area contributed by atoms with Crippen molar-refractivity contribution in [3.8, 4) is 11.8 Å². The smallest absolute Gasteiger partial charge is 0.0897 e. The van der Waals surface area contributed by atoms with Crippen molar-refractivity contribution in [1.82, 2.24) is 5.32 Å². The van der Waals surface area contributed by atoms with Crippen molar-refractivity contribution in [2.24, 2.45) is 0 Å². The lowest BCUT2D eigenvalue weighted by Gasteiger charge is -2.11.